The number of carbonyl (C=O) groups is 1. The van der Waals surface area contributed by atoms with Crippen LogP contribution in [0.25, 0.3) is 0 Å². The number of hydrogen-bond acceptors (Lipinski definition) is 3. The molecule has 0 aliphatic heterocycles. The van der Waals surface area contributed by atoms with E-state index in [0.29, 0.717) is 12.8 Å². The summed E-state index contributed by atoms with van der Waals surface area (Å²) in [4.78, 5) is 22.8. The van der Waals surface area contributed by atoms with Gasteiger partial charge in [-0.1, -0.05) is 12.1 Å². The summed E-state index contributed by atoms with van der Waals surface area (Å²) in [6.07, 6.45) is 1.03. The molecule has 1 aromatic carbocycles. The lowest BCUT2D eigenvalue weighted by Gasteiger charge is -2.09. The highest BCUT2D eigenvalue weighted by Gasteiger charge is 2.06. The normalized spacial score (nSPS) is 9.88. The fourth-order valence-electron chi connectivity index (χ4n) is 1.26. The van der Waals surface area contributed by atoms with Crippen molar-refractivity contribution in [3.05, 3.63) is 39.9 Å². The lowest BCUT2D eigenvalue weighted by Crippen LogP contribution is -2.21. The molecule has 0 radical (unpaired) electrons. The van der Waals surface area contributed by atoms with Crippen molar-refractivity contribution in [2.24, 2.45) is 0 Å². The fourth-order valence-corrected chi connectivity index (χ4v) is 1.26. The molecule has 0 N–H and O–H groups in total. The van der Waals surface area contributed by atoms with Gasteiger partial charge in [-0.2, -0.15) is 0 Å². The Bertz CT molecular complexity index is 385. The molecular formula is C11H14N2O3. The number of non-ortho nitro benzene ring substituents is 1. The van der Waals surface area contributed by atoms with E-state index >= 15 is 0 Å². The second kappa shape index (κ2) is 5.25. The van der Waals surface area contributed by atoms with E-state index in [2.05, 4.69) is 0 Å². The number of benzene rings is 1. The Balaban J connectivity index is 2.56. The Labute approximate surface area is 93.8 Å². The Morgan fingerprint density at radius 3 is 2.31 bits per heavy atom. The predicted octanol–water partition coefficient (Wildman–Crippen LogP) is 1.62. The van der Waals surface area contributed by atoms with Crippen LogP contribution in [0.5, 0.6) is 0 Å². The third-order valence-electron chi connectivity index (χ3n) is 2.27. The van der Waals surface area contributed by atoms with Gasteiger partial charge in [0.1, 0.15) is 0 Å². The van der Waals surface area contributed by atoms with E-state index in [1.54, 1.807) is 26.2 Å². The zero-order chi connectivity index (χ0) is 12.1. The number of nitro benzene ring substituents is 1. The number of nitrogens with zero attached hydrogens (tertiary/aromatic N) is 2. The van der Waals surface area contributed by atoms with Gasteiger partial charge in [0, 0.05) is 32.6 Å². The maximum atomic E-state index is 11.3. The minimum atomic E-state index is -0.436. The molecule has 5 nitrogen and oxygen atoms in total. The van der Waals surface area contributed by atoms with E-state index in [1.165, 1.54) is 17.0 Å². The molecule has 1 rings (SSSR count). The van der Waals surface area contributed by atoms with Crippen LogP contribution in [0, 0.1) is 10.1 Å². The first-order chi connectivity index (χ1) is 7.50. The zero-order valence-corrected chi connectivity index (χ0v) is 9.34. The van der Waals surface area contributed by atoms with E-state index < -0.39 is 4.92 Å². The maximum Gasteiger partial charge on any atom is 0.269 e. The average molecular weight is 222 g/mol. The second-order valence-corrected chi connectivity index (χ2v) is 3.71. The van der Waals surface area contributed by atoms with Gasteiger partial charge in [-0.05, 0) is 12.0 Å². The largest absolute Gasteiger partial charge is 0.349 e. The number of hydrogen-bond donors (Lipinski definition) is 0. The van der Waals surface area contributed by atoms with Crippen LogP contribution in [0.4, 0.5) is 5.69 Å². The Morgan fingerprint density at radius 1 is 1.31 bits per heavy atom. The van der Waals surface area contributed by atoms with Gasteiger partial charge in [-0.3, -0.25) is 14.9 Å². The highest BCUT2D eigenvalue weighted by Crippen LogP contribution is 2.13. The summed E-state index contributed by atoms with van der Waals surface area (Å²) in [5, 5.41) is 10.4. The molecule has 0 spiro atoms. The summed E-state index contributed by atoms with van der Waals surface area (Å²) in [5.41, 5.74) is 1.00. The van der Waals surface area contributed by atoms with Gasteiger partial charge in [0.2, 0.25) is 5.91 Å². The quantitative estimate of drug-likeness (QED) is 0.574. The molecule has 0 aromatic heterocycles. The van der Waals surface area contributed by atoms with Gasteiger partial charge < -0.3 is 4.90 Å². The molecule has 0 aliphatic rings. The van der Waals surface area contributed by atoms with Crippen molar-refractivity contribution < 1.29 is 9.72 Å². The first kappa shape index (κ1) is 12.2. The molecule has 0 saturated carbocycles. The van der Waals surface area contributed by atoms with Gasteiger partial charge in [-0.25, -0.2) is 0 Å². The van der Waals surface area contributed by atoms with Crippen molar-refractivity contribution in [2.75, 3.05) is 14.1 Å². The summed E-state index contributed by atoms with van der Waals surface area (Å²) in [7, 11) is 3.41. The molecule has 1 aromatic rings. The van der Waals surface area contributed by atoms with Crippen LogP contribution in [0.3, 0.4) is 0 Å². The van der Waals surface area contributed by atoms with Gasteiger partial charge in [0.25, 0.3) is 5.69 Å². The predicted molar refractivity (Wildman–Crippen MR) is 60.1 cm³/mol. The van der Waals surface area contributed by atoms with Crippen molar-refractivity contribution in [1.82, 2.24) is 4.90 Å². The van der Waals surface area contributed by atoms with E-state index in [0.717, 1.165) is 5.56 Å². The molecule has 86 valence electrons. The number of amides is 1. The fraction of sp³-hybridized carbons (Fsp3) is 0.364. The molecule has 16 heavy (non-hydrogen) atoms. The van der Waals surface area contributed by atoms with Gasteiger partial charge >= 0.3 is 0 Å². The first-order valence-electron chi connectivity index (χ1n) is 4.94. The number of nitro groups is 1. The average Bonchev–Trinajstić information content (AvgIpc) is 2.26. The Kier molecular flexibility index (Phi) is 3.99. The van der Waals surface area contributed by atoms with Crippen LogP contribution in [0.2, 0.25) is 0 Å². The SMILES string of the molecule is CN(C)C(=O)CCc1ccc([N+](=O)[O-])cc1. The van der Waals surface area contributed by atoms with Crippen molar-refractivity contribution in [3.63, 3.8) is 0 Å². The van der Waals surface area contributed by atoms with E-state index in [4.69, 9.17) is 0 Å². The van der Waals surface area contributed by atoms with E-state index in [1.807, 2.05) is 0 Å². The second-order valence-electron chi connectivity index (χ2n) is 3.71. The highest BCUT2D eigenvalue weighted by atomic mass is 16.6. The number of aryl methyl sites for hydroxylation is 1. The van der Waals surface area contributed by atoms with E-state index in [-0.39, 0.29) is 11.6 Å². The van der Waals surface area contributed by atoms with Crippen LogP contribution >= 0.6 is 0 Å². The van der Waals surface area contributed by atoms with Crippen molar-refractivity contribution in [3.8, 4) is 0 Å². The summed E-state index contributed by atoms with van der Waals surface area (Å²) in [5.74, 6) is 0.0540. The molecule has 0 unspecified atom stereocenters. The monoisotopic (exact) mass is 222 g/mol. The Hall–Kier alpha value is -1.91. The molecule has 0 saturated heterocycles. The van der Waals surface area contributed by atoms with Crippen molar-refractivity contribution in [1.29, 1.82) is 0 Å². The van der Waals surface area contributed by atoms with Crippen LogP contribution in [-0.4, -0.2) is 29.8 Å². The standard InChI is InChI=1S/C11H14N2O3/c1-12(2)11(14)8-5-9-3-6-10(7-4-9)13(15)16/h3-4,6-7H,5,8H2,1-2H3. The zero-order valence-electron chi connectivity index (χ0n) is 9.34. The molecule has 0 fully saturated rings. The molecular weight excluding hydrogens is 208 g/mol. The summed E-state index contributed by atoms with van der Waals surface area (Å²) >= 11 is 0. The third kappa shape index (κ3) is 3.34. The smallest absolute Gasteiger partial charge is 0.269 e. The van der Waals surface area contributed by atoms with Crippen LogP contribution in [0.15, 0.2) is 24.3 Å². The molecule has 0 atom stereocenters. The van der Waals surface area contributed by atoms with Gasteiger partial charge in [0.15, 0.2) is 0 Å². The van der Waals surface area contributed by atoms with Gasteiger partial charge in [0.05, 0.1) is 4.92 Å². The lowest BCUT2D eigenvalue weighted by molar-refractivity contribution is -0.384. The van der Waals surface area contributed by atoms with Gasteiger partial charge in [-0.15, -0.1) is 0 Å². The number of rotatable bonds is 4. The number of carbonyl (C=O) groups excluding carboxylic acids is 1. The molecule has 0 aliphatic carbocycles. The summed E-state index contributed by atoms with van der Waals surface area (Å²) in [6, 6.07) is 6.27. The van der Waals surface area contributed by atoms with Crippen LogP contribution in [0.1, 0.15) is 12.0 Å². The topological polar surface area (TPSA) is 63.5 Å². The molecule has 0 bridgehead atoms. The van der Waals surface area contributed by atoms with E-state index in [9.17, 15) is 14.9 Å². The molecule has 0 heterocycles. The third-order valence-corrected chi connectivity index (χ3v) is 2.27. The van der Waals surface area contributed by atoms with Crippen molar-refractivity contribution >= 4 is 11.6 Å². The first-order valence-corrected chi connectivity index (χ1v) is 4.94. The highest BCUT2D eigenvalue weighted by molar-refractivity contribution is 5.75. The lowest BCUT2D eigenvalue weighted by atomic mass is 10.1. The van der Waals surface area contributed by atoms with Crippen LogP contribution < -0.4 is 0 Å². The van der Waals surface area contributed by atoms with Crippen LogP contribution in [-0.2, 0) is 11.2 Å². The summed E-state index contributed by atoms with van der Waals surface area (Å²) in [6.45, 7) is 0. The summed E-state index contributed by atoms with van der Waals surface area (Å²) < 4.78 is 0. The Morgan fingerprint density at radius 2 is 1.88 bits per heavy atom. The molecule has 5 heteroatoms. The minimum absolute atomic E-state index is 0.0540. The maximum absolute atomic E-state index is 11.3. The molecule has 1 amide bonds. The van der Waals surface area contributed by atoms with Crippen molar-refractivity contribution in [2.45, 2.75) is 12.8 Å². The minimum Gasteiger partial charge on any atom is -0.349 e.